The summed E-state index contributed by atoms with van der Waals surface area (Å²) in [7, 11) is 0. The van der Waals surface area contributed by atoms with E-state index in [1.165, 1.54) is 6.92 Å². The fraction of sp³-hybridized carbons (Fsp3) is 0.962. The van der Waals surface area contributed by atoms with Gasteiger partial charge in [0.2, 0.25) is 11.8 Å². The van der Waals surface area contributed by atoms with Gasteiger partial charge in [-0.2, -0.15) is 0 Å². The highest BCUT2D eigenvalue weighted by Gasteiger charge is 2.60. The summed E-state index contributed by atoms with van der Waals surface area (Å²) in [6.45, 7) is -4.01. The molecule has 0 radical (unpaired) electrons. The molecule has 0 aromatic heterocycles. The van der Waals surface area contributed by atoms with Crippen LogP contribution < -0.4 is 10.6 Å². The second-order valence-electron chi connectivity index (χ2n) is 23.9. The fourth-order valence-electron chi connectivity index (χ4n) is 12.1. The highest BCUT2D eigenvalue weighted by Crippen LogP contribution is 2.39. The maximum atomic E-state index is 12.4. The molecule has 546 valence electrons. The molecule has 40 atom stereocenters. The molecular weight excluding hydrogens is 1290 g/mol. The van der Waals surface area contributed by atoms with Crippen LogP contribution in [0.2, 0.25) is 0 Å². The van der Waals surface area contributed by atoms with E-state index < -0.39 is 304 Å². The summed E-state index contributed by atoms with van der Waals surface area (Å²) in [4.78, 5) is 24.5. The van der Waals surface area contributed by atoms with Crippen molar-refractivity contribution in [1.82, 2.24) is 10.6 Å². The Balaban J connectivity index is 1.06. The van der Waals surface area contributed by atoms with Gasteiger partial charge >= 0.3 is 0 Å². The third-order valence-electron chi connectivity index (χ3n) is 17.4. The molecule has 25 N–H and O–H groups in total. The van der Waals surface area contributed by atoms with Crippen molar-refractivity contribution >= 4 is 11.8 Å². The highest BCUT2D eigenvalue weighted by atomic mass is 16.8. The van der Waals surface area contributed by atoms with Crippen LogP contribution in [0.3, 0.4) is 0 Å². The molecule has 42 nitrogen and oxygen atoms in total. The minimum atomic E-state index is -2.46. The molecule has 0 aromatic carbocycles. The minimum Gasteiger partial charge on any atom is -0.394 e. The first-order chi connectivity index (χ1) is 44.4. The first-order valence-corrected chi connectivity index (χ1v) is 30.0. The maximum Gasteiger partial charge on any atom is 0.217 e. The summed E-state index contributed by atoms with van der Waals surface area (Å²) in [5.41, 5.74) is 0. The highest BCUT2D eigenvalue weighted by molar-refractivity contribution is 5.73. The van der Waals surface area contributed by atoms with E-state index >= 15 is 0 Å². The molecule has 0 aromatic rings. The Morgan fingerprint density at radius 1 is 0.298 bits per heavy atom. The van der Waals surface area contributed by atoms with Gasteiger partial charge in [0.25, 0.3) is 0 Å². The molecule has 0 unspecified atom stereocenters. The number of rotatable bonds is 23. The van der Waals surface area contributed by atoms with Crippen molar-refractivity contribution in [2.45, 2.75) is 266 Å². The number of ether oxygens (including phenoxy) is 15. The van der Waals surface area contributed by atoms with Crippen LogP contribution >= 0.6 is 0 Å². The molecule has 94 heavy (non-hydrogen) atoms. The molecule has 8 fully saturated rings. The van der Waals surface area contributed by atoms with Crippen molar-refractivity contribution in [3.63, 3.8) is 0 Å². The number of aliphatic hydroxyl groups is 23. The van der Waals surface area contributed by atoms with Crippen LogP contribution in [0.1, 0.15) is 20.8 Å². The normalized spacial score (nSPS) is 51.2. The number of hydrogen-bond acceptors (Lipinski definition) is 40. The van der Waals surface area contributed by atoms with Gasteiger partial charge in [0, 0.05) is 13.8 Å². The van der Waals surface area contributed by atoms with Gasteiger partial charge in [-0.3, -0.25) is 9.59 Å². The van der Waals surface area contributed by atoms with Crippen molar-refractivity contribution in [2.75, 3.05) is 46.2 Å². The Labute approximate surface area is 532 Å². The molecule has 8 rings (SSSR count). The van der Waals surface area contributed by atoms with Crippen molar-refractivity contribution < 1.29 is 198 Å². The van der Waals surface area contributed by atoms with Gasteiger partial charge in [-0.1, -0.05) is 0 Å². The molecule has 8 aliphatic rings. The summed E-state index contributed by atoms with van der Waals surface area (Å²) in [5, 5.41) is 256. The van der Waals surface area contributed by atoms with E-state index in [4.69, 9.17) is 71.1 Å². The largest absolute Gasteiger partial charge is 0.394 e. The quantitative estimate of drug-likeness (QED) is 0.0452. The smallest absolute Gasteiger partial charge is 0.217 e. The maximum absolute atomic E-state index is 12.4. The SMILES string of the molecule is CC(=O)N[C@H]1[C@@H](O[C@H]2[C@@H](O)[C@@H](CO)O[C@@H](O[C@@H]3[C@H](O)[C@@H](O)[C@H](O[C@H]4[C@@H](O)[C@@H](CO[C@@H]5O[C@H](CO)[C@H](O)[C@H](O[C@H]6O[C@H](CO)[C@@H](O)[C@H](O)[C@H]6NC(C)=O)[C@H]5O)O[C@@H](O[C@H]5[C@H](O)[C@@H](O)[C@H](O)O[C@@H]5CO)[C@@H]4O)O[C@@H]3CO)[C@@H]2O[C@@H]2O[C@@H](C)[C@@H](O)[C@@H](O)[C@@H]2O)O[C@H](CO)[C@H](O)[C@@H]1O. The second-order valence-corrected chi connectivity index (χ2v) is 23.9. The van der Waals surface area contributed by atoms with Crippen LogP contribution in [0.25, 0.3) is 0 Å². The third kappa shape index (κ3) is 16.4. The summed E-state index contributed by atoms with van der Waals surface area (Å²) in [6, 6.07) is -3.34. The van der Waals surface area contributed by atoms with E-state index in [0.29, 0.717) is 0 Å². The summed E-state index contributed by atoms with van der Waals surface area (Å²) in [5.74, 6) is -1.61. The number of hydrogen-bond donors (Lipinski definition) is 25. The molecule has 8 aliphatic heterocycles. The van der Waals surface area contributed by atoms with Gasteiger partial charge in [-0.15, -0.1) is 0 Å². The lowest BCUT2D eigenvalue weighted by molar-refractivity contribution is -0.407. The lowest BCUT2D eigenvalue weighted by Gasteiger charge is -2.51. The van der Waals surface area contributed by atoms with Crippen molar-refractivity contribution in [2.24, 2.45) is 0 Å². The van der Waals surface area contributed by atoms with E-state index in [2.05, 4.69) is 10.6 Å². The second kappa shape index (κ2) is 33.3. The molecule has 2 amide bonds. The van der Waals surface area contributed by atoms with E-state index in [1.807, 2.05) is 0 Å². The Hall–Kier alpha value is -2.58. The molecule has 0 bridgehead atoms. The number of carbonyl (C=O) groups is 2. The fourth-order valence-corrected chi connectivity index (χ4v) is 12.1. The van der Waals surface area contributed by atoms with E-state index in [9.17, 15) is 127 Å². The van der Waals surface area contributed by atoms with Gasteiger partial charge in [0.05, 0.1) is 52.4 Å². The van der Waals surface area contributed by atoms with Gasteiger partial charge in [-0.25, -0.2) is 0 Å². The molecule has 0 aliphatic carbocycles. The van der Waals surface area contributed by atoms with Crippen LogP contribution in [0.5, 0.6) is 0 Å². The number of amides is 2. The van der Waals surface area contributed by atoms with Crippen LogP contribution in [0, 0.1) is 0 Å². The predicted octanol–water partition coefficient (Wildman–Crippen LogP) is -17.1. The van der Waals surface area contributed by atoms with Gasteiger partial charge in [-0.05, 0) is 6.92 Å². The van der Waals surface area contributed by atoms with Gasteiger partial charge in [0.1, 0.15) is 189 Å². The lowest BCUT2D eigenvalue weighted by Crippen LogP contribution is -2.70. The Kier molecular flexibility index (Phi) is 27.3. The number of aliphatic hydroxyl groups excluding tert-OH is 23. The van der Waals surface area contributed by atoms with Crippen LogP contribution in [-0.2, 0) is 80.6 Å². The van der Waals surface area contributed by atoms with E-state index in [1.54, 1.807) is 0 Å². The van der Waals surface area contributed by atoms with Crippen LogP contribution in [0.4, 0.5) is 0 Å². The first-order valence-electron chi connectivity index (χ1n) is 30.0. The van der Waals surface area contributed by atoms with Crippen molar-refractivity contribution in [1.29, 1.82) is 0 Å². The summed E-state index contributed by atoms with van der Waals surface area (Å²) >= 11 is 0. The zero-order chi connectivity index (χ0) is 69.2. The number of nitrogens with one attached hydrogen (secondary N) is 2. The molecule has 8 heterocycles. The zero-order valence-electron chi connectivity index (χ0n) is 50.3. The van der Waals surface area contributed by atoms with Crippen molar-refractivity contribution in [3.05, 3.63) is 0 Å². The topological polar surface area (TPSA) is 662 Å². The predicted molar refractivity (Wildman–Crippen MR) is 286 cm³/mol. The monoisotopic (exact) mass is 1380 g/mol. The summed E-state index contributed by atoms with van der Waals surface area (Å²) in [6.07, 6.45) is -76.4. The molecule has 0 saturated carbocycles. The molecular formula is C52H88N2O40. The summed E-state index contributed by atoms with van der Waals surface area (Å²) < 4.78 is 87.1. The third-order valence-corrected chi connectivity index (χ3v) is 17.4. The number of carbonyl (C=O) groups excluding carboxylic acids is 2. The molecule has 42 heteroatoms. The van der Waals surface area contributed by atoms with Crippen molar-refractivity contribution in [3.8, 4) is 0 Å². The Morgan fingerprint density at radius 2 is 0.638 bits per heavy atom. The average Bonchev–Trinajstić information content (AvgIpc) is 0.773. The van der Waals surface area contributed by atoms with Gasteiger partial charge < -0.3 is 199 Å². The van der Waals surface area contributed by atoms with E-state index in [-0.39, 0.29) is 0 Å². The minimum absolute atomic E-state index is 0.782. The van der Waals surface area contributed by atoms with Crippen LogP contribution in [-0.4, -0.2) is 421 Å². The Bertz CT molecular complexity index is 2370. The van der Waals surface area contributed by atoms with E-state index in [0.717, 1.165) is 13.8 Å². The standard InChI is InChI=1S/C52H88N2O40/c1-11-23(63)31(71)35(75)49(81-11)94-44-43(93-47-22(54-13(3)62)30(70)25(65)15(5-56)84-47)27(67)17(7-58)86-52(44)90-40-19(9-60)87-50(36(76)33(40)73)92-42-28(68)20(88-51(38(42)78)89-39-18(8-59)82-45(79)34(74)32(39)72)10-80-48-37(77)41(26(66)16(6-57)85-48)91-46-21(53-12(2)61)29(69)24(64)14(4-55)83-46/h11,14-52,55-60,63-79H,4-10H2,1-3H3,(H,53,61)(H,54,62)/t11-,14+,15+,16+,17+,18+,19+,20+,21+,22+,23+,24+,25-,26-,27-,28-,29+,30+,31+,32+,33+,34+,35-,36+,37+,38+,39+,40-,41-,42-,43-,44+,45+,46+,47+,48+,49-,50-,51-,52-/m0/s1. The zero-order valence-corrected chi connectivity index (χ0v) is 50.3. The van der Waals surface area contributed by atoms with Crippen LogP contribution in [0.15, 0.2) is 0 Å². The average molecular weight is 1380 g/mol. The first kappa shape index (κ1) is 77.2. The lowest BCUT2D eigenvalue weighted by atomic mass is 9.94. The van der Waals surface area contributed by atoms with Gasteiger partial charge in [0.15, 0.2) is 50.3 Å². The molecule has 8 saturated heterocycles. The Morgan fingerprint density at radius 3 is 1.15 bits per heavy atom. The molecule has 0 spiro atoms.